The molecule has 0 spiro atoms. The Morgan fingerprint density at radius 1 is 1.11 bits per heavy atom. The van der Waals surface area contributed by atoms with Crippen molar-refractivity contribution in [2.75, 3.05) is 0 Å². The van der Waals surface area contributed by atoms with E-state index in [1.807, 2.05) is 33.8 Å². The molecule has 0 aliphatic carbocycles. The third-order valence-corrected chi connectivity index (χ3v) is 2.53. The fourth-order valence-corrected chi connectivity index (χ4v) is 1.96. The molecular formula is C18H36. The summed E-state index contributed by atoms with van der Waals surface area (Å²) in [5.74, 6) is 0.608. The molecule has 0 saturated carbocycles. The van der Waals surface area contributed by atoms with E-state index in [-0.39, 0.29) is 0 Å². The molecule has 0 rings (SSSR count). The van der Waals surface area contributed by atoms with Crippen molar-refractivity contribution in [3.8, 4) is 0 Å². The van der Waals surface area contributed by atoms with Gasteiger partial charge in [0, 0.05) is 0 Å². The van der Waals surface area contributed by atoms with Crippen LogP contribution in [-0.4, -0.2) is 0 Å². The largest absolute Gasteiger partial charge is 0.0991 e. The van der Waals surface area contributed by atoms with Crippen molar-refractivity contribution in [2.24, 2.45) is 11.3 Å². The lowest BCUT2D eigenvalue weighted by atomic mass is 9.74. The SMILES string of the molecule is C=C/C=C(\C=C/C)C(CC)C(C)(C)C.CC.CC. The van der Waals surface area contributed by atoms with E-state index in [1.54, 1.807) is 0 Å². The minimum Gasteiger partial charge on any atom is -0.0991 e. The van der Waals surface area contributed by atoms with Crippen LogP contribution in [0.1, 0.15) is 68.7 Å². The van der Waals surface area contributed by atoms with Crippen LogP contribution in [0, 0.1) is 11.3 Å². The van der Waals surface area contributed by atoms with Gasteiger partial charge in [0.15, 0.2) is 0 Å². The van der Waals surface area contributed by atoms with Crippen LogP contribution < -0.4 is 0 Å². The zero-order chi connectivity index (χ0) is 15.2. The highest BCUT2D eigenvalue weighted by atomic mass is 14.3. The van der Waals surface area contributed by atoms with Crippen molar-refractivity contribution < 1.29 is 0 Å². The summed E-state index contributed by atoms with van der Waals surface area (Å²) in [6, 6.07) is 0. The van der Waals surface area contributed by atoms with Gasteiger partial charge >= 0.3 is 0 Å². The maximum Gasteiger partial charge on any atom is -0.0116 e. The Morgan fingerprint density at radius 3 is 1.78 bits per heavy atom. The Bertz CT molecular complexity index is 223. The van der Waals surface area contributed by atoms with E-state index in [0.717, 1.165) is 0 Å². The molecule has 0 aromatic heterocycles. The van der Waals surface area contributed by atoms with Gasteiger partial charge in [-0.3, -0.25) is 0 Å². The van der Waals surface area contributed by atoms with Gasteiger partial charge in [0.05, 0.1) is 0 Å². The molecule has 0 heterocycles. The normalized spacial score (nSPS) is 13.1. The number of hydrogen-bond acceptors (Lipinski definition) is 0. The molecule has 0 aliphatic heterocycles. The van der Waals surface area contributed by atoms with Gasteiger partial charge in [-0.1, -0.05) is 86.3 Å². The van der Waals surface area contributed by atoms with Crippen molar-refractivity contribution >= 4 is 0 Å². The zero-order valence-corrected chi connectivity index (χ0v) is 14.3. The van der Waals surface area contributed by atoms with Crippen LogP contribution in [0.2, 0.25) is 0 Å². The molecule has 0 amide bonds. The standard InChI is InChI=1S/C14H24.2C2H6/c1-7-10-12(11-8-2)13(9-3)14(4,5)6;2*1-2/h7-8,10-11,13H,1,9H2,2-6H3;2*1-2H3/b11-8-,12-10+;;. The summed E-state index contributed by atoms with van der Waals surface area (Å²) < 4.78 is 0. The van der Waals surface area contributed by atoms with E-state index in [9.17, 15) is 0 Å². The van der Waals surface area contributed by atoms with E-state index >= 15 is 0 Å². The molecule has 0 aliphatic rings. The Balaban J connectivity index is -0.000000506. The molecule has 0 aromatic carbocycles. The van der Waals surface area contributed by atoms with Gasteiger partial charge in [0.1, 0.15) is 0 Å². The maximum absolute atomic E-state index is 3.77. The molecule has 18 heavy (non-hydrogen) atoms. The molecule has 1 unspecified atom stereocenters. The summed E-state index contributed by atoms with van der Waals surface area (Å²) in [6.07, 6.45) is 9.47. The highest BCUT2D eigenvalue weighted by Crippen LogP contribution is 2.35. The monoisotopic (exact) mass is 252 g/mol. The van der Waals surface area contributed by atoms with Gasteiger partial charge in [0.25, 0.3) is 0 Å². The average Bonchev–Trinajstić information content (AvgIpc) is 2.34. The summed E-state index contributed by atoms with van der Waals surface area (Å²) in [5.41, 5.74) is 1.71. The zero-order valence-electron chi connectivity index (χ0n) is 14.3. The average molecular weight is 252 g/mol. The van der Waals surface area contributed by atoms with Crippen molar-refractivity contribution in [1.29, 1.82) is 0 Å². The van der Waals surface area contributed by atoms with Crippen LogP contribution in [0.25, 0.3) is 0 Å². The van der Waals surface area contributed by atoms with Gasteiger partial charge in [-0.15, -0.1) is 0 Å². The Labute approximate surface area is 117 Å². The lowest BCUT2D eigenvalue weighted by Crippen LogP contribution is -2.21. The Morgan fingerprint density at radius 2 is 1.56 bits per heavy atom. The summed E-state index contributed by atoms with van der Waals surface area (Å²) in [5, 5.41) is 0. The predicted octanol–water partition coefficient (Wildman–Crippen LogP) is 6.80. The van der Waals surface area contributed by atoms with Gasteiger partial charge in [-0.05, 0) is 30.3 Å². The van der Waals surface area contributed by atoms with Gasteiger partial charge in [-0.2, -0.15) is 0 Å². The summed E-state index contributed by atoms with van der Waals surface area (Å²) in [4.78, 5) is 0. The minimum atomic E-state index is 0.323. The van der Waals surface area contributed by atoms with Gasteiger partial charge in [0.2, 0.25) is 0 Å². The van der Waals surface area contributed by atoms with Crippen molar-refractivity contribution in [3.05, 3.63) is 36.5 Å². The third-order valence-electron chi connectivity index (χ3n) is 2.53. The summed E-state index contributed by atoms with van der Waals surface area (Å²) in [6.45, 7) is 23.0. The quantitative estimate of drug-likeness (QED) is 0.483. The van der Waals surface area contributed by atoms with Crippen molar-refractivity contribution in [1.82, 2.24) is 0 Å². The van der Waals surface area contributed by atoms with Crippen molar-refractivity contribution in [2.45, 2.75) is 68.7 Å². The number of rotatable bonds is 4. The van der Waals surface area contributed by atoms with Crippen molar-refractivity contribution in [3.63, 3.8) is 0 Å². The first-order chi connectivity index (χ1) is 8.47. The Kier molecular flexibility index (Phi) is 17.8. The minimum absolute atomic E-state index is 0.323. The lowest BCUT2D eigenvalue weighted by Gasteiger charge is -2.31. The molecule has 108 valence electrons. The van der Waals surface area contributed by atoms with Crippen LogP contribution in [-0.2, 0) is 0 Å². The third kappa shape index (κ3) is 10.4. The summed E-state index contributed by atoms with van der Waals surface area (Å²) >= 11 is 0. The lowest BCUT2D eigenvalue weighted by molar-refractivity contribution is 0.276. The van der Waals surface area contributed by atoms with Crippen LogP contribution in [0.5, 0.6) is 0 Å². The molecule has 1 atom stereocenters. The van der Waals surface area contributed by atoms with E-state index in [0.29, 0.717) is 11.3 Å². The first-order valence-electron chi connectivity index (χ1n) is 7.42. The molecule has 0 fully saturated rings. The van der Waals surface area contributed by atoms with Crippen LogP contribution in [0.4, 0.5) is 0 Å². The molecule has 0 heteroatoms. The van der Waals surface area contributed by atoms with Crippen LogP contribution in [0.15, 0.2) is 36.5 Å². The topological polar surface area (TPSA) is 0 Å². The number of hydrogen-bond donors (Lipinski definition) is 0. The molecule has 0 nitrogen and oxygen atoms in total. The number of allylic oxidation sites excluding steroid dienone is 5. The fourth-order valence-electron chi connectivity index (χ4n) is 1.96. The molecule has 0 saturated heterocycles. The first-order valence-corrected chi connectivity index (χ1v) is 7.42. The van der Waals surface area contributed by atoms with E-state index in [1.165, 1.54) is 12.0 Å². The second kappa shape index (κ2) is 14.3. The molecule has 0 N–H and O–H groups in total. The van der Waals surface area contributed by atoms with Gasteiger partial charge < -0.3 is 0 Å². The second-order valence-electron chi connectivity index (χ2n) is 4.73. The van der Waals surface area contributed by atoms with E-state index in [2.05, 4.69) is 59.4 Å². The molecule has 0 bridgehead atoms. The van der Waals surface area contributed by atoms with Crippen LogP contribution >= 0.6 is 0 Å². The van der Waals surface area contributed by atoms with Crippen LogP contribution in [0.3, 0.4) is 0 Å². The van der Waals surface area contributed by atoms with E-state index in [4.69, 9.17) is 0 Å². The second-order valence-corrected chi connectivity index (χ2v) is 4.73. The fraction of sp³-hybridized carbons (Fsp3) is 0.667. The molecule has 0 aromatic rings. The first kappa shape index (κ1) is 22.4. The van der Waals surface area contributed by atoms with E-state index < -0.39 is 0 Å². The molecule has 0 radical (unpaired) electrons. The summed E-state index contributed by atoms with van der Waals surface area (Å²) in [7, 11) is 0. The highest BCUT2D eigenvalue weighted by Gasteiger charge is 2.24. The maximum atomic E-state index is 3.77. The smallest absolute Gasteiger partial charge is 0.0116 e. The molecular weight excluding hydrogens is 216 g/mol. The highest BCUT2D eigenvalue weighted by molar-refractivity contribution is 5.26. The van der Waals surface area contributed by atoms with Gasteiger partial charge in [-0.25, -0.2) is 0 Å². The predicted molar refractivity (Wildman–Crippen MR) is 89.0 cm³/mol. The Hall–Kier alpha value is -0.780.